The summed E-state index contributed by atoms with van der Waals surface area (Å²) in [5, 5.41) is 15.2. The molecule has 1 saturated carbocycles. The number of anilines is 1. The van der Waals surface area contributed by atoms with E-state index < -0.39 is 0 Å². The fourth-order valence-corrected chi connectivity index (χ4v) is 2.53. The van der Waals surface area contributed by atoms with Crippen molar-refractivity contribution >= 4 is 5.69 Å². The molecular formula is C13H17N5. The van der Waals surface area contributed by atoms with Crippen LogP contribution < -0.4 is 5.32 Å². The van der Waals surface area contributed by atoms with Crippen LogP contribution in [0, 0.1) is 0 Å². The molecule has 0 radical (unpaired) electrons. The van der Waals surface area contributed by atoms with Crippen molar-refractivity contribution < 1.29 is 0 Å². The van der Waals surface area contributed by atoms with Crippen molar-refractivity contribution in [1.29, 1.82) is 0 Å². The third-order valence-corrected chi connectivity index (χ3v) is 3.47. The summed E-state index contributed by atoms with van der Waals surface area (Å²) in [5.74, 6) is 0.796. The average Bonchev–Trinajstić information content (AvgIpc) is 3.01. The first-order valence-electron chi connectivity index (χ1n) is 6.42. The van der Waals surface area contributed by atoms with Crippen molar-refractivity contribution in [2.24, 2.45) is 7.05 Å². The first-order valence-corrected chi connectivity index (χ1v) is 6.42. The highest BCUT2D eigenvalue weighted by Gasteiger charge is 2.14. The van der Waals surface area contributed by atoms with E-state index in [2.05, 4.69) is 33.0 Å². The molecule has 0 amide bonds. The van der Waals surface area contributed by atoms with Gasteiger partial charge in [0.25, 0.3) is 0 Å². The lowest BCUT2D eigenvalue weighted by molar-refractivity contribution is 0.714. The van der Waals surface area contributed by atoms with Crippen LogP contribution in [0.3, 0.4) is 0 Å². The molecule has 3 rings (SSSR count). The maximum Gasteiger partial charge on any atom is 0.181 e. The number of hydrogen-bond acceptors (Lipinski definition) is 4. The lowest BCUT2D eigenvalue weighted by Crippen LogP contribution is -2.14. The molecule has 0 aliphatic heterocycles. The van der Waals surface area contributed by atoms with E-state index in [-0.39, 0.29) is 0 Å². The van der Waals surface area contributed by atoms with Gasteiger partial charge in [0, 0.05) is 24.3 Å². The van der Waals surface area contributed by atoms with Crippen molar-refractivity contribution in [2.45, 2.75) is 31.7 Å². The summed E-state index contributed by atoms with van der Waals surface area (Å²) in [4.78, 5) is 0. The van der Waals surface area contributed by atoms with Gasteiger partial charge in [0.1, 0.15) is 0 Å². The molecule has 0 atom stereocenters. The maximum atomic E-state index is 4.03. The molecule has 0 unspecified atom stereocenters. The van der Waals surface area contributed by atoms with E-state index >= 15 is 0 Å². The molecule has 5 heteroatoms. The molecule has 2 aromatic rings. The normalized spacial score (nSPS) is 16.1. The van der Waals surface area contributed by atoms with Gasteiger partial charge in [0.05, 0.1) is 0 Å². The summed E-state index contributed by atoms with van der Waals surface area (Å²) >= 11 is 0. The minimum absolute atomic E-state index is 0.623. The molecule has 1 N–H and O–H groups in total. The third kappa shape index (κ3) is 2.20. The standard InChI is InChI=1S/C13H17N5/c1-18-13(15-16-17-18)10-5-4-8-12(9-10)14-11-6-2-3-7-11/h4-5,8-9,11,14H,2-3,6-7H2,1H3. The Labute approximate surface area is 106 Å². The number of nitrogens with one attached hydrogen (secondary N) is 1. The van der Waals surface area contributed by atoms with Gasteiger partial charge in [-0.25, -0.2) is 4.68 Å². The predicted octanol–water partition coefficient (Wildman–Crippen LogP) is 2.23. The van der Waals surface area contributed by atoms with Crippen LogP contribution in [0.2, 0.25) is 0 Å². The quantitative estimate of drug-likeness (QED) is 0.898. The van der Waals surface area contributed by atoms with Crippen molar-refractivity contribution in [3.05, 3.63) is 24.3 Å². The molecule has 0 spiro atoms. The fraction of sp³-hybridized carbons (Fsp3) is 0.462. The summed E-state index contributed by atoms with van der Waals surface area (Å²) in [6.45, 7) is 0. The number of nitrogens with zero attached hydrogens (tertiary/aromatic N) is 4. The summed E-state index contributed by atoms with van der Waals surface area (Å²) < 4.78 is 1.69. The van der Waals surface area contributed by atoms with Crippen molar-refractivity contribution in [1.82, 2.24) is 20.2 Å². The monoisotopic (exact) mass is 243 g/mol. The zero-order valence-corrected chi connectivity index (χ0v) is 10.5. The predicted molar refractivity (Wildman–Crippen MR) is 70.1 cm³/mol. The lowest BCUT2D eigenvalue weighted by Gasteiger charge is -2.14. The van der Waals surface area contributed by atoms with Crippen LogP contribution in [-0.2, 0) is 7.05 Å². The third-order valence-electron chi connectivity index (χ3n) is 3.47. The highest BCUT2D eigenvalue weighted by molar-refractivity contribution is 5.62. The average molecular weight is 243 g/mol. The Kier molecular flexibility index (Phi) is 2.96. The summed E-state index contributed by atoms with van der Waals surface area (Å²) in [5.41, 5.74) is 2.20. The summed E-state index contributed by atoms with van der Waals surface area (Å²) in [6.07, 6.45) is 5.22. The van der Waals surface area contributed by atoms with Gasteiger partial charge in [-0.15, -0.1) is 5.10 Å². The molecule has 1 fully saturated rings. The van der Waals surface area contributed by atoms with Gasteiger partial charge in [0.15, 0.2) is 5.82 Å². The molecule has 1 aliphatic carbocycles. The van der Waals surface area contributed by atoms with Crippen LogP contribution in [0.25, 0.3) is 11.4 Å². The van der Waals surface area contributed by atoms with Gasteiger partial charge >= 0.3 is 0 Å². The van der Waals surface area contributed by atoms with Gasteiger partial charge in [0.2, 0.25) is 0 Å². The van der Waals surface area contributed by atoms with E-state index in [9.17, 15) is 0 Å². The number of aryl methyl sites for hydroxylation is 1. The van der Waals surface area contributed by atoms with Gasteiger partial charge < -0.3 is 5.32 Å². The van der Waals surface area contributed by atoms with Crippen LogP contribution in [0.4, 0.5) is 5.69 Å². The first kappa shape index (κ1) is 11.2. The molecule has 1 aromatic carbocycles. The topological polar surface area (TPSA) is 55.6 Å². The molecular weight excluding hydrogens is 226 g/mol. The summed E-state index contributed by atoms with van der Waals surface area (Å²) in [6, 6.07) is 8.92. The van der Waals surface area contributed by atoms with E-state index in [1.165, 1.54) is 25.7 Å². The maximum absolute atomic E-state index is 4.03. The van der Waals surface area contributed by atoms with Crippen LogP contribution in [-0.4, -0.2) is 26.2 Å². The largest absolute Gasteiger partial charge is 0.382 e. The van der Waals surface area contributed by atoms with Crippen LogP contribution >= 0.6 is 0 Å². The molecule has 18 heavy (non-hydrogen) atoms. The zero-order valence-electron chi connectivity index (χ0n) is 10.5. The number of hydrogen-bond donors (Lipinski definition) is 1. The van der Waals surface area contributed by atoms with Gasteiger partial charge in [-0.05, 0) is 35.4 Å². The van der Waals surface area contributed by atoms with E-state index in [1.54, 1.807) is 4.68 Å². The second kappa shape index (κ2) is 4.76. The minimum Gasteiger partial charge on any atom is -0.382 e. The Morgan fingerprint density at radius 3 is 2.83 bits per heavy atom. The minimum atomic E-state index is 0.623. The van der Waals surface area contributed by atoms with E-state index in [0.717, 1.165) is 17.1 Å². The molecule has 1 heterocycles. The molecule has 0 saturated heterocycles. The zero-order chi connectivity index (χ0) is 12.4. The van der Waals surface area contributed by atoms with Crippen molar-refractivity contribution in [2.75, 3.05) is 5.32 Å². The molecule has 5 nitrogen and oxygen atoms in total. The van der Waals surface area contributed by atoms with Crippen molar-refractivity contribution in [3.8, 4) is 11.4 Å². The Morgan fingerprint density at radius 1 is 1.28 bits per heavy atom. The Balaban J connectivity index is 1.82. The number of tetrazole rings is 1. The highest BCUT2D eigenvalue weighted by Crippen LogP contribution is 2.24. The highest BCUT2D eigenvalue weighted by atomic mass is 15.5. The van der Waals surface area contributed by atoms with E-state index in [1.807, 2.05) is 19.2 Å². The molecule has 0 bridgehead atoms. The smallest absolute Gasteiger partial charge is 0.181 e. The van der Waals surface area contributed by atoms with E-state index in [0.29, 0.717) is 6.04 Å². The number of benzene rings is 1. The van der Waals surface area contributed by atoms with Crippen molar-refractivity contribution in [3.63, 3.8) is 0 Å². The summed E-state index contributed by atoms with van der Waals surface area (Å²) in [7, 11) is 1.85. The van der Waals surface area contributed by atoms with E-state index in [4.69, 9.17) is 0 Å². The molecule has 94 valence electrons. The van der Waals surface area contributed by atoms with Crippen LogP contribution in [0.1, 0.15) is 25.7 Å². The number of rotatable bonds is 3. The SMILES string of the molecule is Cn1nnnc1-c1cccc(NC2CCCC2)c1. The van der Waals surface area contributed by atoms with Gasteiger partial charge in [-0.1, -0.05) is 25.0 Å². The Bertz CT molecular complexity index is 528. The van der Waals surface area contributed by atoms with Gasteiger partial charge in [-0.2, -0.15) is 0 Å². The van der Waals surface area contributed by atoms with Crippen LogP contribution in [0.15, 0.2) is 24.3 Å². The fourth-order valence-electron chi connectivity index (χ4n) is 2.53. The van der Waals surface area contributed by atoms with Crippen LogP contribution in [0.5, 0.6) is 0 Å². The first-order chi connectivity index (χ1) is 8.83. The van der Waals surface area contributed by atoms with Gasteiger partial charge in [-0.3, -0.25) is 0 Å². The Hall–Kier alpha value is -1.91. The number of aromatic nitrogens is 4. The second-order valence-corrected chi connectivity index (χ2v) is 4.83. The molecule has 1 aromatic heterocycles. The molecule has 1 aliphatic rings. The lowest BCUT2D eigenvalue weighted by atomic mass is 10.1. The Morgan fingerprint density at radius 2 is 2.11 bits per heavy atom. The second-order valence-electron chi connectivity index (χ2n) is 4.83.